The molecule has 0 N–H and O–H groups in total. The molecule has 0 aliphatic heterocycles. The Labute approximate surface area is 130 Å². The summed E-state index contributed by atoms with van der Waals surface area (Å²) in [4.78, 5) is 0.720. The van der Waals surface area contributed by atoms with Gasteiger partial charge in [-0.2, -0.15) is 0 Å². The Morgan fingerprint density at radius 1 is 1.05 bits per heavy atom. The molecule has 2 aromatic rings. The van der Waals surface area contributed by atoms with Gasteiger partial charge in [0.25, 0.3) is 0 Å². The summed E-state index contributed by atoms with van der Waals surface area (Å²) in [5.74, 6) is 0.946. The van der Waals surface area contributed by atoms with Gasteiger partial charge in [0, 0.05) is 5.88 Å². The average Bonchev–Trinajstić information content (AvgIpc) is 2.54. The first-order valence-corrected chi connectivity index (χ1v) is 9.13. The highest BCUT2D eigenvalue weighted by atomic mass is 35.5. The minimum absolute atomic E-state index is 0.342. The van der Waals surface area contributed by atoms with Gasteiger partial charge in [0.1, 0.15) is 0 Å². The zero-order valence-corrected chi connectivity index (χ0v) is 13.2. The minimum atomic E-state index is -3.43. The molecule has 0 bridgehead atoms. The van der Waals surface area contributed by atoms with Crippen molar-refractivity contribution < 1.29 is 8.42 Å². The number of fused-ring (bicyclic) bond motifs is 1. The SMILES string of the molecule is O=S(=O)(c1ccccc1)c1ccc2c(c1)CCC[C@H]2CCl. The molecule has 0 amide bonds. The maximum absolute atomic E-state index is 12.6. The van der Waals surface area contributed by atoms with Crippen LogP contribution >= 0.6 is 11.6 Å². The van der Waals surface area contributed by atoms with Gasteiger partial charge in [-0.25, -0.2) is 8.42 Å². The third-order valence-electron chi connectivity index (χ3n) is 4.10. The molecule has 2 aromatic carbocycles. The van der Waals surface area contributed by atoms with Crippen LogP contribution in [-0.4, -0.2) is 14.3 Å². The molecule has 1 aliphatic rings. The van der Waals surface area contributed by atoms with Gasteiger partial charge in [-0.3, -0.25) is 0 Å². The average molecular weight is 321 g/mol. The monoisotopic (exact) mass is 320 g/mol. The number of sulfone groups is 1. The lowest BCUT2D eigenvalue weighted by Crippen LogP contribution is -2.12. The standard InChI is InChI=1S/C17H17ClO2S/c18-12-14-6-4-5-13-11-16(9-10-17(13)14)21(19,20)15-7-2-1-3-8-15/h1-3,7-11,14H,4-6,12H2/t14-/m0/s1. The van der Waals surface area contributed by atoms with Crippen molar-refractivity contribution in [2.45, 2.75) is 35.0 Å². The van der Waals surface area contributed by atoms with Crippen molar-refractivity contribution in [3.63, 3.8) is 0 Å². The molecule has 0 heterocycles. The lowest BCUT2D eigenvalue weighted by Gasteiger charge is -2.24. The highest BCUT2D eigenvalue weighted by Crippen LogP contribution is 2.34. The Hall–Kier alpha value is -1.32. The Morgan fingerprint density at radius 2 is 1.81 bits per heavy atom. The van der Waals surface area contributed by atoms with E-state index in [1.54, 1.807) is 30.3 Å². The zero-order valence-electron chi connectivity index (χ0n) is 11.6. The summed E-state index contributed by atoms with van der Waals surface area (Å²) in [6, 6.07) is 14.1. The Kier molecular flexibility index (Phi) is 4.05. The molecule has 0 saturated carbocycles. The first-order chi connectivity index (χ1) is 10.1. The van der Waals surface area contributed by atoms with E-state index in [0.717, 1.165) is 24.8 Å². The summed E-state index contributed by atoms with van der Waals surface area (Å²) in [7, 11) is -3.43. The van der Waals surface area contributed by atoms with Crippen LogP contribution < -0.4 is 0 Å². The van der Waals surface area contributed by atoms with Crippen molar-refractivity contribution in [1.82, 2.24) is 0 Å². The first kappa shape index (κ1) is 14.6. The molecule has 21 heavy (non-hydrogen) atoms. The molecule has 0 aromatic heterocycles. The van der Waals surface area contributed by atoms with Crippen LogP contribution in [0.15, 0.2) is 58.3 Å². The van der Waals surface area contributed by atoms with Crippen LogP contribution in [0.1, 0.15) is 29.9 Å². The molecule has 0 radical (unpaired) electrons. The van der Waals surface area contributed by atoms with Crippen molar-refractivity contribution in [2.24, 2.45) is 0 Å². The van der Waals surface area contributed by atoms with Gasteiger partial charge in [-0.15, -0.1) is 11.6 Å². The number of halogens is 1. The Bertz CT molecular complexity index is 739. The summed E-state index contributed by atoms with van der Waals surface area (Å²) < 4.78 is 25.3. The Morgan fingerprint density at radius 3 is 2.52 bits per heavy atom. The second kappa shape index (κ2) is 5.82. The number of aryl methyl sites for hydroxylation is 1. The maximum Gasteiger partial charge on any atom is 0.206 e. The van der Waals surface area contributed by atoms with Gasteiger partial charge in [0.2, 0.25) is 9.84 Å². The van der Waals surface area contributed by atoms with Gasteiger partial charge < -0.3 is 0 Å². The molecule has 2 nitrogen and oxygen atoms in total. The van der Waals surface area contributed by atoms with E-state index < -0.39 is 9.84 Å². The van der Waals surface area contributed by atoms with E-state index in [4.69, 9.17) is 11.6 Å². The van der Waals surface area contributed by atoms with E-state index in [1.807, 2.05) is 18.2 Å². The van der Waals surface area contributed by atoms with Crippen molar-refractivity contribution >= 4 is 21.4 Å². The third-order valence-corrected chi connectivity index (χ3v) is 6.24. The predicted octanol–water partition coefficient (Wildman–Crippen LogP) is 4.18. The largest absolute Gasteiger partial charge is 0.219 e. The summed E-state index contributed by atoms with van der Waals surface area (Å²) >= 11 is 6.02. The molecule has 3 rings (SSSR count). The van der Waals surface area contributed by atoms with E-state index in [1.165, 1.54) is 5.56 Å². The van der Waals surface area contributed by atoms with E-state index in [0.29, 0.717) is 21.6 Å². The molecule has 0 spiro atoms. The molecule has 0 saturated heterocycles. The van der Waals surface area contributed by atoms with Gasteiger partial charge in [0.15, 0.2) is 0 Å². The lowest BCUT2D eigenvalue weighted by molar-refractivity contribution is 0.586. The maximum atomic E-state index is 12.6. The van der Waals surface area contributed by atoms with E-state index in [-0.39, 0.29) is 0 Å². The second-order valence-electron chi connectivity index (χ2n) is 5.42. The van der Waals surface area contributed by atoms with Crippen molar-refractivity contribution in [3.8, 4) is 0 Å². The summed E-state index contributed by atoms with van der Waals surface area (Å²) in [5, 5.41) is 0. The molecule has 110 valence electrons. The number of rotatable bonds is 3. The molecular weight excluding hydrogens is 304 g/mol. The number of benzene rings is 2. The second-order valence-corrected chi connectivity index (χ2v) is 7.68. The summed E-state index contributed by atoms with van der Waals surface area (Å²) in [5.41, 5.74) is 2.34. The number of hydrogen-bond donors (Lipinski definition) is 0. The molecule has 1 atom stereocenters. The van der Waals surface area contributed by atoms with Crippen LogP contribution in [0.25, 0.3) is 0 Å². The van der Waals surface area contributed by atoms with Gasteiger partial charge >= 0.3 is 0 Å². The topological polar surface area (TPSA) is 34.1 Å². The van der Waals surface area contributed by atoms with Crippen LogP contribution in [-0.2, 0) is 16.3 Å². The lowest BCUT2D eigenvalue weighted by atomic mass is 9.84. The van der Waals surface area contributed by atoms with Crippen LogP contribution in [0.2, 0.25) is 0 Å². The van der Waals surface area contributed by atoms with Crippen molar-refractivity contribution in [3.05, 3.63) is 59.7 Å². The van der Waals surface area contributed by atoms with Crippen LogP contribution in [0.4, 0.5) is 0 Å². The van der Waals surface area contributed by atoms with Gasteiger partial charge in [-0.1, -0.05) is 24.3 Å². The van der Waals surface area contributed by atoms with Crippen molar-refractivity contribution in [2.75, 3.05) is 5.88 Å². The number of alkyl halides is 1. The van der Waals surface area contributed by atoms with Gasteiger partial charge in [0.05, 0.1) is 9.79 Å². The molecular formula is C17H17ClO2S. The smallest absolute Gasteiger partial charge is 0.206 e. The summed E-state index contributed by atoms with van der Waals surface area (Å²) in [6.07, 6.45) is 3.08. The summed E-state index contributed by atoms with van der Waals surface area (Å²) in [6.45, 7) is 0. The highest BCUT2D eigenvalue weighted by molar-refractivity contribution is 7.91. The van der Waals surface area contributed by atoms with E-state index in [9.17, 15) is 8.42 Å². The van der Waals surface area contributed by atoms with Crippen LogP contribution in [0.3, 0.4) is 0 Å². The van der Waals surface area contributed by atoms with E-state index in [2.05, 4.69) is 0 Å². The zero-order chi connectivity index (χ0) is 14.9. The van der Waals surface area contributed by atoms with E-state index >= 15 is 0 Å². The molecule has 1 aliphatic carbocycles. The molecule has 4 heteroatoms. The fourth-order valence-electron chi connectivity index (χ4n) is 2.95. The highest BCUT2D eigenvalue weighted by Gasteiger charge is 2.23. The van der Waals surface area contributed by atoms with Crippen molar-refractivity contribution in [1.29, 1.82) is 0 Å². The van der Waals surface area contributed by atoms with Gasteiger partial charge in [-0.05, 0) is 60.6 Å². The molecule has 0 unspecified atom stereocenters. The third kappa shape index (κ3) is 2.72. The fourth-order valence-corrected chi connectivity index (χ4v) is 4.61. The van der Waals surface area contributed by atoms with Crippen LogP contribution in [0.5, 0.6) is 0 Å². The molecule has 0 fully saturated rings. The normalized spacial score (nSPS) is 18.2. The fraction of sp³-hybridized carbons (Fsp3) is 0.294. The quantitative estimate of drug-likeness (QED) is 0.795. The predicted molar refractivity (Wildman–Crippen MR) is 84.7 cm³/mol. The number of hydrogen-bond acceptors (Lipinski definition) is 2. The first-order valence-electron chi connectivity index (χ1n) is 7.12. The Balaban J connectivity index is 2.05. The van der Waals surface area contributed by atoms with Crippen LogP contribution in [0, 0.1) is 0 Å². The minimum Gasteiger partial charge on any atom is -0.219 e.